The van der Waals surface area contributed by atoms with Crippen molar-refractivity contribution in [2.45, 2.75) is 20.3 Å². The van der Waals surface area contributed by atoms with Gasteiger partial charge in [0.05, 0.1) is 6.61 Å². The number of amides is 2. The second-order valence-electron chi connectivity index (χ2n) is 4.05. The molecule has 18 heavy (non-hydrogen) atoms. The minimum absolute atomic E-state index is 0.0120. The van der Waals surface area contributed by atoms with Crippen molar-refractivity contribution < 1.29 is 24.2 Å². The second kappa shape index (κ2) is 8.32. The normalized spacial score (nSPS) is 11.5. The average Bonchev–Trinajstić information content (AvgIpc) is 2.25. The van der Waals surface area contributed by atoms with Crippen LogP contribution in [0.25, 0.3) is 0 Å². The van der Waals surface area contributed by atoms with E-state index in [0.717, 1.165) is 0 Å². The summed E-state index contributed by atoms with van der Waals surface area (Å²) in [6, 6.07) is -0.430. The van der Waals surface area contributed by atoms with Crippen molar-refractivity contribution in [1.29, 1.82) is 0 Å². The minimum atomic E-state index is -0.906. The number of carboxylic acid groups (broad SMARTS) is 1. The molecule has 104 valence electrons. The van der Waals surface area contributed by atoms with E-state index in [1.54, 1.807) is 13.8 Å². The van der Waals surface area contributed by atoms with Gasteiger partial charge in [-0.05, 0) is 12.8 Å². The first-order valence-electron chi connectivity index (χ1n) is 5.73. The maximum Gasteiger partial charge on any atom is 0.325 e. The van der Waals surface area contributed by atoms with E-state index in [4.69, 9.17) is 9.84 Å². The topological polar surface area (TPSA) is 95.9 Å². The number of carbonyl (C=O) groups is 3. The van der Waals surface area contributed by atoms with Crippen LogP contribution in [0, 0.1) is 5.92 Å². The second-order valence-corrected chi connectivity index (χ2v) is 4.05. The third kappa shape index (κ3) is 7.48. The van der Waals surface area contributed by atoms with E-state index in [0.29, 0.717) is 0 Å². The highest BCUT2D eigenvalue weighted by molar-refractivity contribution is 5.80. The number of nitrogens with zero attached hydrogens (tertiary/aromatic N) is 1. The molecule has 0 saturated heterocycles. The predicted molar refractivity (Wildman–Crippen MR) is 64.1 cm³/mol. The number of likely N-dealkylation sites (N-methyl/N-ethyl adjacent to an activating group) is 1. The Morgan fingerprint density at radius 1 is 1.39 bits per heavy atom. The van der Waals surface area contributed by atoms with Crippen LogP contribution in [0.1, 0.15) is 20.3 Å². The minimum Gasteiger partial charge on any atom is -0.481 e. The lowest BCUT2D eigenvalue weighted by Gasteiger charge is -2.18. The first-order valence-corrected chi connectivity index (χ1v) is 5.73. The molecule has 2 amide bonds. The van der Waals surface area contributed by atoms with Crippen LogP contribution in [0.2, 0.25) is 0 Å². The molecule has 0 aliphatic heterocycles. The molecule has 1 unspecified atom stereocenters. The molecule has 0 rings (SSSR count). The lowest BCUT2D eigenvalue weighted by molar-refractivity contribution is -0.143. The maximum atomic E-state index is 11.5. The van der Waals surface area contributed by atoms with E-state index in [2.05, 4.69) is 5.32 Å². The molecule has 0 spiro atoms. The summed E-state index contributed by atoms with van der Waals surface area (Å²) >= 11 is 0. The van der Waals surface area contributed by atoms with Crippen molar-refractivity contribution in [2.24, 2.45) is 5.92 Å². The summed E-state index contributed by atoms with van der Waals surface area (Å²) in [5, 5.41) is 11.1. The van der Waals surface area contributed by atoms with Gasteiger partial charge in [-0.15, -0.1) is 0 Å². The van der Waals surface area contributed by atoms with Crippen molar-refractivity contribution >= 4 is 18.0 Å². The zero-order valence-corrected chi connectivity index (χ0v) is 10.9. The molecule has 0 fully saturated rings. The molecule has 7 heteroatoms. The van der Waals surface area contributed by atoms with Gasteiger partial charge < -0.3 is 20.1 Å². The van der Waals surface area contributed by atoms with E-state index in [9.17, 15) is 14.4 Å². The molecule has 0 heterocycles. The summed E-state index contributed by atoms with van der Waals surface area (Å²) in [5.74, 6) is -1.55. The van der Waals surface area contributed by atoms with Crippen molar-refractivity contribution in [3.63, 3.8) is 0 Å². The highest BCUT2D eigenvalue weighted by Crippen LogP contribution is 1.99. The molecule has 0 radical (unpaired) electrons. The SMILES string of the molecule is CCOC(=O)CN(C)C(=O)NCC(C)CC(=O)O. The van der Waals surface area contributed by atoms with Crippen LogP contribution < -0.4 is 5.32 Å². The van der Waals surface area contributed by atoms with E-state index < -0.39 is 18.0 Å². The molecule has 7 nitrogen and oxygen atoms in total. The molecular weight excluding hydrogens is 240 g/mol. The molecule has 1 atom stereocenters. The Bertz CT molecular complexity index is 306. The molecule has 2 N–H and O–H groups in total. The van der Waals surface area contributed by atoms with Gasteiger partial charge in [0.15, 0.2) is 0 Å². The number of ether oxygens (including phenoxy) is 1. The highest BCUT2D eigenvalue weighted by atomic mass is 16.5. The van der Waals surface area contributed by atoms with E-state index >= 15 is 0 Å². The fourth-order valence-corrected chi connectivity index (χ4v) is 1.24. The number of carboxylic acids is 1. The number of nitrogens with one attached hydrogen (secondary N) is 1. The molecule has 0 aromatic heterocycles. The van der Waals surface area contributed by atoms with Crippen molar-refractivity contribution in [1.82, 2.24) is 10.2 Å². The first-order chi connectivity index (χ1) is 8.36. The van der Waals surface area contributed by atoms with Gasteiger partial charge in [0.25, 0.3) is 0 Å². The van der Waals surface area contributed by atoms with Crippen LogP contribution in [-0.2, 0) is 14.3 Å². The van der Waals surface area contributed by atoms with E-state index in [1.165, 1.54) is 11.9 Å². The van der Waals surface area contributed by atoms with Crippen LogP contribution in [0.15, 0.2) is 0 Å². The molecule has 0 aliphatic rings. The van der Waals surface area contributed by atoms with Crippen molar-refractivity contribution in [3.8, 4) is 0 Å². The number of urea groups is 1. The molecule has 0 aromatic carbocycles. The number of aliphatic carboxylic acids is 1. The Labute approximate surface area is 106 Å². The maximum absolute atomic E-state index is 11.5. The van der Waals surface area contributed by atoms with Gasteiger partial charge in [0.1, 0.15) is 6.54 Å². The number of esters is 1. The lowest BCUT2D eigenvalue weighted by atomic mass is 10.1. The van der Waals surface area contributed by atoms with Crippen molar-refractivity contribution in [2.75, 3.05) is 26.7 Å². The van der Waals surface area contributed by atoms with Crippen LogP contribution in [-0.4, -0.2) is 54.7 Å². The standard InChI is InChI=1S/C11H20N2O5/c1-4-18-10(16)7-13(3)11(17)12-6-8(2)5-9(14)15/h8H,4-7H2,1-3H3,(H,12,17)(H,14,15). The van der Waals surface area contributed by atoms with Gasteiger partial charge in [-0.3, -0.25) is 9.59 Å². The van der Waals surface area contributed by atoms with Gasteiger partial charge in [-0.1, -0.05) is 6.92 Å². The third-order valence-corrected chi connectivity index (χ3v) is 2.14. The summed E-state index contributed by atoms with van der Waals surface area (Å²) < 4.78 is 4.70. The first kappa shape index (κ1) is 16.2. The van der Waals surface area contributed by atoms with Gasteiger partial charge in [-0.25, -0.2) is 4.79 Å². The monoisotopic (exact) mass is 260 g/mol. The molecule has 0 aromatic rings. The fraction of sp³-hybridized carbons (Fsp3) is 0.727. The van der Waals surface area contributed by atoms with Crippen LogP contribution >= 0.6 is 0 Å². The van der Waals surface area contributed by atoms with Crippen LogP contribution in [0.3, 0.4) is 0 Å². The largest absolute Gasteiger partial charge is 0.481 e. The Kier molecular flexibility index (Phi) is 7.50. The lowest BCUT2D eigenvalue weighted by Crippen LogP contribution is -2.42. The number of hydrogen-bond acceptors (Lipinski definition) is 4. The molecular formula is C11H20N2O5. The number of carbonyl (C=O) groups excluding carboxylic acids is 2. The van der Waals surface area contributed by atoms with Gasteiger partial charge in [0.2, 0.25) is 0 Å². The van der Waals surface area contributed by atoms with Gasteiger partial charge in [-0.2, -0.15) is 0 Å². The Hall–Kier alpha value is -1.79. The molecule has 0 bridgehead atoms. The number of hydrogen-bond donors (Lipinski definition) is 2. The highest BCUT2D eigenvalue weighted by Gasteiger charge is 2.15. The summed E-state index contributed by atoms with van der Waals surface area (Å²) in [5.41, 5.74) is 0. The number of rotatable bonds is 7. The summed E-state index contributed by atoms with van der Waals surface area (Å²) in [6.45, 7) is 3.79. The quantitative estimate of drug-likeness (QED) is 0.642. The van der Waals surface area contributed by atoms with E-state index in [-0.39, 0.29) is 32.0 Å². The molecule has 0 aliphatic carbocycles. The van der Waals surface area contributed by atoms with E-state index in [1.807, 2.05) is 0 Å². The Morgan fingerprint density at radius 2 is 2.00 bits per heavy atom. The summed E-state index contributed by atoms with van der Waals surface area (Å²) in [6.07, 6.45) is -0.0120. The molecule has 0 saturated carbocycles. The predicted octanol–water partition coefficient (Wildman–Crippen LogP) is 0.302. The third-order valence-electron chi connectivity index (χ3n) is 2.14. The Balaban J connectivity index is 3.94. The smallest absolute Gasteiger partial charge is 0.325 e. The van der Waals surface area contributed by atoms with Crippen molar-refractivity contribution in [3.05, 3.63) is 0 Å². The summed E-state index contributed by atoms with van der Waals surface area (Å²) in [4.78, 5) is 34.3. The zero-order valence-electron chi connectivity index (χ0n) is 10.9. The van der Waals surface area contributed by atoms with Crippen LogP contribution in [0.5, 0.6) is 0 Å². The van der Waals surface area contributed by atoms with Gasteiger partial charge in [0, 0.05) is 20.0 Å². The Morgan fingerprint density at radius 3 is 2.50 bits per heavy atom. The fourth-order valence-electron chi connectivity index (χ4n) is 1.24. The summed E-state index contributed by atoms with van der Waals surface area (Å²) in [7, 11) is 1.47. The van der Waals surface area contributed by atoms with Gasteiger partial charge >= 0.3 is 18.0 Å². The average molecular weight is 260 g/mol. The van der Waals surface area contributed by atoms with Crippen LogP contribution in [0.4, 0.5) is 4.79 Å². The zero-order chi connectivity index (χ0) is 14.1.